The van der Waals surface area contributed by atoms with Gasteiger partial charge in [-0.3, -0.25) is 9.59 Å². The van der Waals surface area contributed by atoms with Gasteiger partial charge in [0.15, 0.2) is 11.5 Å². The van der Waals surface area contributed by atoms with Crippen molar-refractivity contribution in [2.75, 3.05) is 12.4 Å². The molecule has 0 aliphatic heterocycles. The molecular formula is C20H18ClN3O3. The summed E-state index contributed by atoms with van der Waals surface area (Å²) in [6, 6.07) is 16.0. The van der Waals surface area contributed by atoms with Gasteiger partial charge in [-0.15, -0.1) is 0 Å². The van der Waals surface area contributed by atoms with E-state index in [0.29, 0.717) is 23.0 Å². The first kappa shape index (κ1) is 18.7. The molecule has 3 aromatic rings. The lowest BCUT2D eigenvalue weighted by Crippen LogP contribution is -2.24. The number of para-hydroxylation sites is 1. The van der Waals surface area contributed by atoms with E-state index in [1.165, 1.54) is 6.92 Å². The van der Waals surface area contributed by atoms with Crippen molar-refractivity contribution >= 4 is 29.1 Å². The molecule has 2 amide bonds. The summed E-state index contributed by atoms with van der Waals surface area (Å²) in [5, 5.41) is 7.23. The second kappa shape index (κ2) is 8.05. The molecule has 138 valence electrons. The van der Waals surface area contributed by atoms with Gasteiger partial charge in [0, 0.05) is 42.9 Å². The summed E-state index contributed by atoms with van der Waals surface area (Å²) in [7, 11) is 1.70. The molecule has 1 heterocycles. The molecule has 3 rings (SSSR count). The Labute approximate surface area is 161 Å². The number of aromatic nitrogens is 1. The standard InChI is InChI=1S/C20H18ClN3O3/c1-13(25)24(2)12-15-6-3-4-9-17(15)22-20(26)18-11-19(27-23-18)14-7-5-8-16(21)10-14/h3-11H,12H2,1-2H3,(H,22,26). The highest BCUT2D eigenvalue weighted by Crippen LogP contribution is 2.24. The number of rotatable bonds is 5. The van der Waals surface area contributed by atoms with E-state index in [9.17, 15) is 9.59 Å². The van der Waals surface area contributed by atoms with Crippen LogP contribution in [0.3, 0.4) is 0 Å². The molecule has 0 atom stereocenters. The number of carbonyl (C=O) groups is 2. The van der Waals surface area contributed by atoms with Gasteiger partial charge in [-0.1, -0.05) is 47.1 Å². The Kier molecular flexibility index (Phi) is 5.57. The Morgan fingerprint density at radius 2 is 1.93 bits per heavy atom. The molecule has 0 fully saturated rings. The van der Waals surface area contributed by atoms with Gasteiger partial charge in [0.1, 0.15) is 0 Å². The minimum Gasteiger partial charge on any atom is -0.355 e. The first-order chi connectivity index (χ1) is 12.9. The van der Waals surface area contributed by atoms with Gasteiger partial charge in [0.2, 0.25) is 5.91 Å². The highest BCUT2D eigenvalue weighted by Gasteiger charge is 2.16. The average molecular weight is 384 g/mol. The van der Waals surface area contributed by atoms with Gasteiger partial charge >= 0.3 is 0 Å². The Balaban J connectivity index is 1.78. The van der Waals surface area contributed by atoms with Crippen molar-refractivity contribution in [2.24, 2.45) is 0 Å². The average Bonchev–Trinajstić information content (AvgIpc) is 3.13. The van der Waals surface area contributed by atoms with Crippen LogP contribution in [-0.4, -0.2) is 28.9 Å². The zero-order valence-electron chi connectivity index (χ0n) is 14.9. The summed E-state index contributed by atoms with van der Waals surface area (Å²) in [4.78, 5) is 25.6. The number of amides is 2. The Morgan fingerprint density at radius 3 is 2.67 bits per heavy atom. The van der Waals surface area contributed by atoms with E-state index in [1.807, 2.05) is 24.3 Å². The van der Waals surface area contributed by atoms with Crippen LogP contribution < -0.4 is 5.32 Å². The van der Waals surface area contributed by atoms with Crippen molar-refractivity contribution in [3.05, 3.63) is 70.9 Å². The lowest BCUT2D eigenvalue weighted by molar-refractivity contribution is -0.128. The molecule has 0 saturated heterocycles. The highest BCUT2D eigenvalue weighted by molar-refractivity contribution is 6.30. The summed E-state index contributed by atoms with van der Waals surface area (Å²) >= 11 is 5.98. The maximum atomic E-state index is 12.6. The van der Waals surface area contributed by atoms with Gasteiger partial charge in [0.05, 0.1) is 0 Å². The van der Waals surface area contributed by atoms with Crippen molar-refractivity contribution < 1.29 is 14.1 Å². The number of benzene rings is 2. The van der Waals surface area contributed by atoms with Gasteiger partial charge in [-0.05, 0) is 23.8 Å². The van der Waals surface area contributed by atoms with Crippen LogP contribution in [0, 0.1) is 0 Å². The van der Waals surface area contributed by atoms with Gasteiger partial charge in [-0.25, -0.2) is 0 Å². The second-order valence-corrected chi connectivity index (χ2v) is 6.51. The predicted octanol–water partition coefficient (Wildman–Crippen LogP) is 4.23. The van der Waals surface area contributed by atoms with Crippen LogP contribution in [0.1, 0.15) is 23.0 Å². The lowest BCUT2D eigenvalue weighted by atomic mass is 10.1. The molecule has 0 unspecified atom stereocenters. The molecule has 0 aliphatic carbocycles. The smallest absolute Gasteiger partial charge is 0.277 e. The van der Waals surface area contributed by atoms with Crippen LogP contribution in [0.4, 0.5) is 5.69 Å². The number of nitrogens with one attached hydrogen (secondary N) is 1. The molecule has 27 heavy (non-hydrogen) atoms. The van der Waals surface area contributed by atoms with Crippen LogP contribution in [0.15, 0.2) is 59.1 Å². The topological polar surface area (TPSA) is 75.4 Å². The fourth-order valence-electron chi connectivity index (χ4n) is 2.49. The number of carbonyl (C=O) groups excluding carboxylic acids is 2. The minimum atomic E-state index is -0.398. The molecule has 1 N–H and O–H groups in total. The zero-order chi connectivity index (χ0) is 19.4. The highest BCUT2D eigenvalue weighted by atomic mass is 35.5. The number of halogens is 1. The van der Waals surface area contributed by atoms with E-state index in [-0.39, 0.29) is 11.6 Å². The summed E-state index contributed by atoms with van der Waals surface area (Å²) in [5.41, 5.74) is 2.32. The van der Waals surface area contributed by atoms with E-state index < -0.39 is 5.91 Å². The van der Waals surface area contributed by atoms with Crippen molar-refractivity contribution in [1.82, 2.24) is 10.1 Å². The zero-order valence-corrected chi connectivity index (χ0v) is 15.7. The van der Waals surface area contributed by atoms with E-state index in [2.05, 4.69) is 10.5 Å². The molecule has 7 heteroatoms. The van der Waals surface area contributed by atoms with Gasteiger partial charge < -0.3 is 14.7 Å². The largest absolute Gasteiger partial charge is 0.355 e. The maximum absolute atomic E-state index is 12.6. The van der Waals surface area contributed by atoms with Crippen LogP contribution >= 0.6 is 11.6 Å². The second-order valence-electron chi connectivity index (χ2n) is 6.07. The molecule has 0 bridgehead atoms. The Hall–Kier alpha value is -3.12. The number of nitrogens with zero attached hydrogens (tertiary/aromatic N) is 2. The van der Waals surface area contributed by atoms with E-state index >= 15 is 0 Å². The molecular weight excluding hydrogens is 366 g/mol. The summed E-state index contributed by atoms with van der Waals surface area (Å²) in [6.07, 6.45) is 0. The van der Waals surface area contributed by atoms with Crippen LogP contribution in [0.25, 0.3) is 11.3 Å². The third-order valence-electron chi connectivity index (χ3n) is 4.06. The van der Waals surface area contributed by atoms with Crippen molar-refractivity contribution in [1.29, 1.82) is 0 Å². The summed E-state index contributed by atoms with van der Waals surface area (Å²) in [5.74, 6) is -0.00370. The molecule has 0 spiro atoms. The summed E-state index contributed by atoms with van der Waals surface area (Å²) < 4.78 is 5.27. The Morgan fingerprint density at radius 1 is 1.15 bits per heavy atom. The quantitative estimate of drug-likeness (QED) is 0.715. The SMILES string of the molecule is CC(=O)N(C)Cc1ccccc1NC(=O)c1cc(-c2cccc(Cl)c2)on1. The third kappa shape index (κ3) is 4.54. The monoisotopic (exact) mass is 383 g/mol. The maximum Gasteiger partial charge on any atom is 0.277 e. The normalized spacial score (nSPS) is 10.5. The first-order valence-electron chi connectivity index (χ1n) is 8.27. The van der Waals surface area contributed by atoms with Crippen LogP contribution in [-0.2, 0) is 11.3 Å². The van der Waals surface area contributed by atoms with E-state index in [4.69, 9.17) is 16.1 Å². The first-order valence-corrected chi connectivity index (χ1v) is 8.65. The number of hydrogen-bond acceptors (Lipinski definition) is 4. The van der Waals surface area contributed by atoms with Gasteiger partial charge in [-0.2, -0.15) is 0 Å². The fraction of sp³-hybridized carbons (Fsp3) is 0.150. The third-order valence-corrected chi connectivity index (χ3v) is 4.30. The molecule has 0 radical (unpaired) electrons. The van der Waals surface area contributed by atoms with Crippen molar-refractivity contribution in [3.63, 3.8) is 0 Å². The van der Waals surface area contributed by atoms with Crippen LogP contribution in [0.2, 0.25) is 5.02 Å². The predicted molar refractivity (Wildman–Crippen MR) is 103 cm³/mol. The van der Waals surface area contributed by atoms with Gasteiger partial charge in [0.25, 0.3) is 5.91 Å². The van der Waals surface area contributed by atoms with Crippen LogP contribution in [0.5, 0.6) is 0 Å². The molecule has 0 saturated carbocycles. The summed E-state index contributed by atoms with van der Waals surface area (Å²) in [6.45, 7) is 1.88. The Bertz CT molecular complexity index is 984. The number of anilines is 1. The number of hydrogen-bond donors (Lipinski definition) is 1. The van der Waals surface area contributed by atoms with Crippen molar-refractivity contribution in [2.45, 2.75) is 13.5 Å². The lowest BCUT2D eigenvalue weighted by Gasteiger charge is -2.17. The van der Waals surface area contributed by atoms with Crippen molar-refractivity contribution in [3.8, 4) is 11.3 Å². The van der Waals surface area contributed by atoms with E-state index in [0.717, 1.165) is 11.1 Å². The molecule has 1 aromatic heterocycles. The fourth-order valence-corrected chi connectivity index (χ4v) is 2.68. The minimum absolute atomic E-state index is 0.0567. The molecule has 2 aromatic carbocycles. The van der Waals surface area contributed by atoms with E-state index in [1.54, 1.807) is 42.3 Å². The molecule has 0 aliphatic rings. The molecule has 6 nitrogen and oxygen atoms in total.